The van der Waals surface area contributed by atoms with Crippen molar-refractivity contribution in [3.63, 3.8) is 0 Å². The summed E-state index contributed by atoms with van der Waals surface area (Å²) in [6.07, 6.45) is 3.31. The number of nitrogens with one attached hydrogen (secondary N) is 1. The average molecular weight is 618 g/mol. The summed E-state index contributed by atoms with van der Waals surface area (Å²) in [6.45, 7) is 4.24. The van der Waals surface area contributed by atoms with Gasteiger partial charge >= 0.3 is 5.97 Å². The highest BCUT2D eigenvalue weighted by atomic mass is 19.1. The number of esters is 1. The monoisotopic (exact) mass is 617 g/mol. The molecule has 1 spiro atoms. The zero-order valence-corrected chi connectivity index (χ0v) is 25.8. The molecule has 2 fully saturated rings. The van der Waals surface area contributed by atoms with Crippen LogP contribution in [0.5, 0.6) is 0 Å². The Labute approximate surface area is 259 Å². The topological polar surface area (TPSA) is 132 Å². The first-order valence-electron chi connectivity index (χ1n) is 15.0. The van der Waals surface area contributed by atoms with Crippen LogP contribution in [0.3, 0.4) is 0 Å². The Morgan fingerprint density at radius 3 is 2.60 bits per heavy atom. The molecule has 3 amide bonds. The third-order valence-electron chi connectivity index (χ3n) is 9.00. The zero-order valence-electron chi connectivity index (χ0n) is 25.8. The van der Waals surface area contributed by atoms with Crippen molar-refractivity contribution in [2.24, 2.45) is 12.5 Å². The van der Waals surface area contributed by atoms with Crippen molar-refractivity contribution in [3.8, 4) is 11.1 Å². The second-order valence-corrected chi connectivity index (χ2v) is 12.2. The van der Waals surface area contributed by atoms with E-state index in [4.69, 9.17) is 9.84 Å². The van der Waals surface area contributed by atoms with Crippen molar-refractivity contribution < 1.29 is 28.3 Å². The van der Waals surface area contributed by atoms with E-state index in [1.165, 1.54) is 18.0 Å². The van der Waals surface area contributed by atoms with E-state index < -0.39 is 11.9 Å². The molecule has 1 N–H and O–H groups in total. The molecule has 2 aliphatic rings. The number of rotatable bonds is 9. The molecule has 13 heteroatoms. The summed E-state index contributed by atoms with van der Waals surface area (Å²) in [5.41, 5.74) is 3.41. The van der Waals surface area contributed by atoms with E-state index in [0.717, 1.165) is 42.5 Å². The van der Waals surface area contributed by atoms with Crippen LogP contribution in [-0.4, -0.2) is 92.9 Å². The molecule has 0 radical (unpaired) electrons. The average Bonchev–Trinajstić information content (AvgIpc) is 3.49. The predicted octanol–water partition coefficient (Wildman–Crippen LogP) is 2.59. The SMILES string of the molecule is CCOC(=O)CNC(=O)CN(C)C(=O)Cn1nc(C2CC3(C2)CN(C(C)=O)C3)c2c(-c3cc4c(cnn4C)cc3F)cccc21. The number of aryl methyl sites for hydroxylation is 1. The van der Waals surface area contributed by atoms with Crippen LogP contribution in [0, 0.1) is 11.2 Å². The molecule has 4 aromatic rings. The molecule has 2 aromatic carbocycles. The van der Waals surface area contributed by atoms with Gasteiger partial charge < -0.3 is 19.9 Å². The molecule has 1 aliphatic heterocycles. The number of hydrogen-bond donors (Lipinski definition) is 1. The number of benzene rings is 2. The van der Waals surface area contributed by atoms with Crippen LogP contribution in [0.1, 0.15) is 38.3 Å². The fourth-order valence-electron chi connectivity index (χ4n) is 6.68. The molecule has 3 heterocycles. The van der Waals surface area contributed by atoms with E-state index in [9.17, 15) is 19.2 Å². The van der Waals surface area contributed by atoms with Gasteiger partial charge in [0.05, 0.1) is 36.1 Å². The first-order chi connectivity index (χ1) is 21.5. The molecular formula is C32H36FN7O5. The molecule has 1 saturated carbocycles. The summed E-state index contributed by atoms with van der Waals surface area (Å²) >= 11 is 0. The second-order valence-electron chi connectivity index (χ2n) is 12.2. The van der Waals surface area contributed by atoms with Gasteiger partial charge in [-0.2, -0.15) is 10.2 Å². The number of fused-ring (bicyclic) bond motifs is 2. The molecule has 45 heavy (non-hydrogen) atoms. The number of carbonyl (C=O) groups is 4. The molecule has 2 aromatic heterocycles. The first-order valence-corrected chi connectivity index (χ1v) is 15.0. The van der Waals surface area contributed by atoms with Crippen LogP contribution in [0.4, 0.5) is 4.39 Å². The third-order valence-corrected chi connectivity index (χ3v) is 9.00. The maximum Gasteiger partial charge on any atom is 0.325 e. The first kappa shape index (κ1) is 30.2. The fourth-order valence-corrected chi connectivity index (χ4v) is 6.68. The van der Waals surface area contributed by atoms with Crippen molar-refractivity contribution in [1.82, 2.24) is 34.7 Å². The maximum atomic E-state index is 15.6. The van der Waals surface area contributed by atoms with E-state index >= 15 is 4.39 Å². The molecule has 6 rings (SSSR count). The Kier molecular flexibility index (Phi) is 7.79. The summed E-state index contributed by atoms with van der Waals surface area (Å²) in [7, 11) is 3.32. The molecule has 1 saturated heterocycles. The van der Waals surface area contributed by atoms with E-state index in [-0.39, 0.29) is 55.2 Å². The van der Waals surface area contributed by atoms with Gasteiger partial charge in [0.25, 0.3) is 0 Å². The van der Waals surface area contributed by atoms with Gasteiger partial charge in [0.2, 0.25) is 17.7 Å². The largest absolute Gasteiger partial charge is 0.465 e. The summed E-state index contributed by atoms with van der Waals surface area (Å²) < 4.78 is 23.8. The van der Waals surface area contributed by atoms with Gasteiger partial charge in [-0.05, 0) is 43.5 Å². The molecule has 0 bridgehead atoms. The standard InChI is InChI=1S/C32H36FN7O5/c1-5-45-29(44)14-34-27(42)15-37(3)28(43)16-40-25-8-6-7-22(23-10-26-20(9-24(23)33)13-35-38(26)4)30(25)31(36-40)21-11-32(12-21)17-39(18-32)19(2)41/h6-10,13,21H,5,11-12,14-18H2,1-4H3,(H,34,42). The van der Waals surface area contributed by atoms with Crippen molar-refractivity contribution in [1.29, 1.82) is 0 Å². The Hall–Kier alpha value is -4.81. The van der Waals surface area contributed by atoms with Crippen LogP contribution in [0.15, 0.2) is 36.5 Å². The van der Waals surface area contributed by atoms with Crippen LogP contribution in [0.25, 0.3) is 32.9 Å². The number of amides is 3. The highest BCUT2D eigenvalue weighted by Gasteiger charge is 2.54. The molecule has 1 aliphatic carbocycles. The van der Waals surface area contributed by atoms with Crippen molar-refractivity contribution in [2.75, 3.05) is 39.8 Å². The van der Waals surface area contributed by atoms with E-state index in [0.29, 0.717) is 22.0 Å². The van der Waals surface area contributed by atoms with Gasteiger partial charge in [0.15, 0.2) is 0 Å². The lowest BCUT2D eigenvalue weighted by Crippen LogP contribution is -2.62. The van der Waals surface area contributed by atoms with Gasteiger partial charge in [-0.15, -0.1) is 0 Å². The normalized spacial score (nSPS) is 15.6. The fraction of sp³-hybridized carbons (Fsp3) is 0.438. The number of carbonyl (C=O) groups excluding carboxylic acids is 4. The number of nitrogens with zero attached hydrogens (tertiary/aromatic N) is 6. The summed E-state index contributed by atoms with van der Waals surface area (Å²) in [5.74, 6) is -1.64. The number of aromatic nitrogens is 4. The van der Waals surface area contributed by atoms with Gasteiger partial charge in [0, 0.05) is 61.8 Å². The number of ether oxygens (including phenoxy) is 1. The van der Waals surface area contributed by atoms with Gasteiger partial charge in [-0.3, -0.25) is 28.5 Å². The quantitative estimate of drug-likeness (QED) is 0.286. The van der Waals surface area contributed by atoms with Crippen LogP contribution in [-0.2, 0) is 37.5 Å². The minimum atomic E-state index is -0.557. The van der Waals surface area contributed by atoms with Crippen molar-refractivity contribution >= 4 is 45.5 Å². The lowest BCUT2D eigenvalue weighted by molar-refractivity contribution is -0.149. The van der Waals surface area contributed by atoms with Crippen LogP contribution < -0.4 is 5.32 Å². The lowest BCUT2D eigenvalue weighted by atomic mass is 9.56. The lowest BCUT2D eigenvalue weighted by Gasteiger charge is -2.58. The van der Waals surface area contributed by atoms with E-state index in [2.05, 4.69) is 10.4 Å². The van der Waals surface area contributed by atoms with Gasteiger partial charge in [0.1, 0.15) is 18.9 Å². The minimum Gasteiger partial charge on any atom is -0.465 e. The Balaban J connectivity index is 1.31. The molecule has 0 atom stereocenters. The second kappa shape index (κ2) is 11.6. The maximum absolute atomic E-state index is 15.6. The zero-order chi connectivity index (χ0) is 32.0. The predicted molar refractivity (Wildman–Crippen MR) is 163 cm³/mol. The van der Waals surface area contributed by atoms with Crippen LogP contribution in [0.2, 0.25) is 0 Å². The molecule has 0 unspecified atom stereocenters. The summed E-state index contributed by atoms with van der Waals surface area (Å²) in [4.78, 5) is 52.2. The summed E-state index contributed by atoms with van der Waals surface area (Å²) in [5, 5.41) is 13.1. The Morgan fingerprint density at radius 2 is 1.89 bits per heavy atom. The van der Waals surface area contributed by atoms with Crippen molar-refractivity contribution in [3.05, 3.63) is 48.0 Å². The van der Waals surface area contributed by atoms with Gasteiger partial charge in [-0.25, -0.2) is 4.39 Å². The molecule has 236 valence electrons. The van der Waals surface area contributed by atoms with Crippen molar-refractivity contribution in [2.45, 2.75) is 39.2 Å². The Bertz CT molecular complexity index is 1830. The smallest absolute Gasteiger partial charge is 0.325 e. The number of likely N-dealkylation sites (N-methyl/N-ethyl adjacent to an activating group) is 1. The molecule has 12 nitrogen and oxygen atoms in total. The number of halogens is 1. The van der Waals surface area contributed by atoms with Gasteiger partial charge in [-0.1, -0.05) is 12.1 Å². The highest BCUT2D eigenvalue weighted by molar-refractivity contribution is 6.00. The van der Waals surface area contributed by atoms with E-state index in [1.807, 2.05) is 30.1 Å². The number of hydrogen-bond acceptors (Lipinski definition) is 7. The van der Waals surface area contributed by atoms with E-state index in [1.54, 1.807) is 35.5 Å². The van der Waals surface area contributed by atoms with Crippen LogP contribution >= 0.6 is 0 Å². The third kappa shape index (κ3) is 5.62. The highest BCUT2D eigenvalue weighted by Crippen LogP contribution is 2.57. The molecular weight excluding hydrogens is 581 g/mol. The number of likely N-dealkylation sites (tertiary alicyclic amines) is 1. The Morgan fingerprint density at radius 1 is 1.13 bits per heavy atom. The minimum absolute atomic E-state index is 0.0627. The summed E-state index contributed by atoms with van der Waals surface area (Å²) in [6, 6.07) is 8.83.